The van der Waals surface area contributed by atoms with Gasteiger partial charge in [0.15, 0.2) is 0 Å². The van der Waals surface area contributed by atoms with Crippen LogP contribution < -0.4 is 0 Å². The number of hydroxylamine groups is 2. The molecule has 1 unspecified atom stereocenters. The van der Waals surface area contributed by atoms with Crippen molar-refractivity contribution in [2.75, 3.05) is 0 Å². The Morgan fingerprint density at radius 3 is 2.48 bits per heavy atom. The van der Waals surface area contributed by atoms with Gasteiger partial charge < -0.3 is 9.84 Å². The number of aliphatic hydroxyl groups is 1. The summed E-state index contributed by atoms with van der Waals surface area (Å²) < 4.78 is 5.30. The first-order valence-corrected chi connectivity index (χ1v) is 6.83. The van der Waals surface area contributed by atoms with Crippen LogP contribution in [-0.4, -0.2) is 27.9 Å². The lowest BCUT2D eigenvalue weighted by molar-refractivity contribution is -0.167. The van der Waals surface area contributed by atoms with Crippen LogP contribution in [0.5, 0.6) is 0 Å². The summed E-state index contributed by atoms with van der Waals surface area (Å²) >= 11 is 0. The highest BCUT2D eigenvalue weighted by Gasteiger charge is 2.26. The fourth-order valence-corrected chi connectivity index (χ4v) is 1.56. The maximum atomic E-state index is 12.2. The van der Waals surface area contributed by atoms with Crippen LogP contribution in [0.1, 0.15) is 33.3 Å². The highest BCUT2D eigenvalue weighted by Crippen LogP contribution is 2.14. The largest absolute Gasteiger partial charge is 0.516 e. The summed E-state index contributed by atoms with van der Waals surface area (Å²) in [7, 11) is 0. The van der Waals surface area contributed by atoms with Gasteiger partial charge in [0.2, 0.25) is 0 Å². The third-order valence-corrected chi connectivity index (χ3v) is 2.52. The zero-order valence-corrected chi connectivity index (χ0v) is 12.9. The van der Waals surface area contributed by atoms with E-state index in [1.54, 1.807) is 27.7 Å². The molecular weight excluding hydrogens is 270 g/mol. The van der Waals surface area contributed by atoms with E-state index in [1.165, 1.54) is 6.08 Å². The second-order valence-corrected chi connectivity index (χ2v) is 5.65. The Labute approximate surface area is 125 Å². The lowest BCUT2D eigenvalue weighted by Crippen LogP contribution is -2.41. The van der Waals surface area contributed by atoms with E-state index in [9.17, 15) is 4.79 Å². The quantitative estimate of drug-likeness (QED) is 0.662. The van der Waals surface area contributed by atoms with Crippen LogP contribution in [0.25, 0.3) is 0 Å². The molecule has 1 amide bonds. The lowest BCUT2D eigenvalue weighted by Gasteiger charge is -2.29. The average Bonchev–Trinajstić information content (AvgIpc) is 2.38. The molecule has 1 rings (SSSR count). The van der Waals surface area contributed by atoms with Gasteiger partial charge >= 0.3 is 6.09 Å². The summed E-state index contributed by atoms with van der Waals surface area (Å²) in [6.45, 7) is 7.32. The molecule has 116 valence electrons. The smallest absolute Gasteiger partial charge is 0.435 e. The first-order chi connectivity index (χ1) is 9.83. The molecule has 1 aromatic carbocycles. The van der Waals surface area contributed by atoms with Crippen molar-refractivity contribution in [3.05, 3.63) is 48.2 Å². The molecule has 0 spiro atoms. The van der Waals surface area contributed by atoms with E-state index in [-0.39, 0.29) is 6.61 Å². The Kier molecular flexibility index (Phi) is 6.24. The van der Waals surface area contributed by atoms with E-state index in [1.807, 2.05) is 30.3 Å². The first-order valence-electron chi connectivity index (χ1n) is 6.83. The van der Waals surface area contributed by atoms with Crippen LogP contribution in [0.4, 0.5) is 4.79 Å². The molecule has 0 aromatic heterocycles. The summed E-state index contributed by atoms with van der Waals surface area (Å²) in [5, 5.41) is 9.99. The van der Waals surface area contributed by atoms with Gasteiger partial charge in [-0.15, -0.1) is 0 Å². The summed E-state index contributed by atoms with van der Waals surface area (Å²) in [5.41, 5.74) is 0.319. The predicted molar refractivity (Wildman–Crippen MR) is 80.5 cm³/mol. The summed E-state index contributed by atoms with van der Waals surface area (Å²) in [4.78, 5) is 17.7. The van der Waals surface area contributed by atoms with Crippen LogP contribution in [0.2, 0.25) is 0 Å². The van der Waals surface area contributed by atoms with Gasteiger partial charge in [-0.2, -0.15) is 5.06 Å². The molecule has 1 N–H and O–H groups in total. The molecular formula is C16H23NO4. The minimum Gasteiger partial charge on any atom is -0.516 e. The third-order valence-electron chi connectivity index (χ3n) is 2.52. The van der Waals surface area contributed by atoms with Gasteiger partial charge in [0.25, 0.3) is 0 Å². The average molecular weight is 293 g/mol. The van der Waals surface area contributed by atoms with E-state index in [2.05, 4.69) is 0 Å². The molecule has 1 atom stereocenters. The third kappa shape index (κ3) is 6.31. The molecule has 0 aliphatic heterocycles. The molecule has 1 aromatic rings. The molecule has 0 heterocycles. The summed E-state index contributed by atoms with van der Waals surface area (Å²) in [5.74, 6) is 0. The molecule has 21 heavy (non-hydrogen) atoms. The fraction of sp³-hybridized carbons (Fsp3) is 0.438. The lowest BCUT2D eigenvalue weighted by atomic mass is 10.2. The fourth-order valence-electron chi connectivity index (χ4n) is 1.56. The number of carbonyl (C=O) groups excluding carboxylic acids is 1. The molecule has 0 aliphatic carbocycles. The van der Waals surface area contributed by atoms with E-state index in [0.29, 0.717) is 0 Å². The van der Waals surface area contributed by atoms with Crippen molar-refractivity contribution in [2.24, 2.45) is 0 Å². The number of carbonyl (C=O) groups is 1. The van der Waals surface area contributed by atoms with Gasteiger partial charge in [0.05, 0.1) is 12.3 Å². The Morgan fingerprint density at radius 1 is 1.33 bits per heavy atom. The number of aliphatic hydroxyl groups excluding tert-OH is 1. The SMILES string of the molecule is CC(C=CO)N(OCc1ccccc1)C(=O)OC(C)(C)C. The minimum absolute atomic E-state index is 0.240. The maximum absolute atomic E-state index is 12.2. The monoisotopic (exact) mass is 293 g/mol. The molecule has 5 heteroatoms. The van der Waals surface area contributed by atoms with E-state index < -0.39 is 17.7 Å². The molecule has 0 fully saturated rings. The van der Waals surface area contributed by atoms with Crippen molar-refractivity contribution in [2.45, 2.75) is 45.9 Å². The Morgan fingerprint density at radius 2 is 1.95 bits per heavy atom. The topological polar surface area (TPSA) is 59.0 Å². The number of hydrogen-bond acceptors (Lipinski definition) is 4. The Bertz CT molecular complexity index is 465. The van der Waals surface area contributed by atoms with Gasteiger partial charge in [-0.05, 0) is 39.3 Å². The zero-order valence-electron chi connectivity index (χ0n) is 12.9. The second-order valence-electron chi connectivity index (χ2n) is 5.65. The van der Waals surface area contributed by atoms with Crippen molar-refractivity contribution >= 4 is 6.09 Å². The van der Waals surface area contributed by atoms with Crippen molar-refractivity contribution in [3.8, 4) is 0 Å². The van der Waals surface area contributed by atoms with E-state index in [0.717, 1.165) is 16.9 Å². The number of rotatable bonds is 5. The molecule has 0 saturated heterocycles. The summed E-state index contributed by atoms with van der Waals surface area (Å²) in [6, 6.07) is 9.06. The zero-order chi connectivity index (χ0) is 15.9. The Balaban J connectivity index is 2.75. The van der Waals surface area contributed by atoms with Crippen molar-refractivity contribution < 1.29 is 19.5 Å². The molecule has 0 radical (unpaired) electrons. The van der Waals surface area contributed by atoms with Crippen molar-refractivity contribution in [1.29, 1.82) is 0 Å². The number of nitrogens with zero attached hydrogens (tertiary/aromatic N) is 1. The standard InChI is InChI=1S/C16H23NO4/c1-13(10-11-18)17(15(19)21-16(2,3)4)20-12-14-8-6-5-7-9-14/h5-11,13,18H,12H2,1-4H3. The van der Waals surface area contributed by atoms with Gasteiger partial charge in [0.1, 0.15) is 12.2 Å². The molecule has 0 bridgehead atoms. The van der Waals surface area contributed by atoms with Gasteiger partial charge in [-0.1, -0.05) is 30.3 Å². The first kappa shape index (κ1) is 17.0. The predicted octanol–water partition coefficient (Wildman–Crippen LogP) is 3.82. The molecule has 0 aliphatic rings. The number of benzene rings is 1. The van der Waals surface area contributed by atoms with Gasteiger partial charge in [-0.3, -0.25) is 4.84 Å². The number of amides is 1. The number of hydrogen-bond donors (Lipinski definition) is 1. The van der Waals surface area contributed by atoms with Crippen LogP contribution in [0, 0.1) is 0 Å². The van der Waals surface area contributed by atoms with Crippen LogP contribution in [0.3, 0.4) is 0 Å². The van der Waals surface area contributed by atoms with Crippen LogP contribution in [0.15, 0.2) is 42.7 Å². The van der Waals surface area contributed by atoms with Gasteiger partial charge in [-0.25, -0.2) is 4.79 Å². The molecule has 5 nitrogen and oxygen atoms in total. The second kappa shape index (κ2) is 7.69. The van der Waals surface area contributed by atoms with Crippen LogP contribution >= 0.6 is 0 Å². The van der Waals surface area contributed by atoms with Gasteiger partial charge in [0, 0.05) is 0 Å². The Hall–Kier alpha value is -2.01. The minimum atomic E-state index is -0.617. The van der Waals surface area contributed by atoms with Crippen molar-refractivity contribution in [1.82, 2.24) is 5.06 Å². The van der Waals surface area contributed by atoms with E-state index in [4.69, 9.17) is 14.7 Å². The van der Waals surface area contributed by atoms with E-state index >= 15 is 0 Å². The van der Waals surface area contributed by atoms with Crippen LogP contribution in [-0.2, 0) is 16.2 Å². The molecule has 0 saturated carbocycles. The highest BCUT2D eigenvalue weighted by atomic mass is 16.7. The number of ether oxygens (including phenoxy) is 1. The maximum Gasteiger partial charge on any atom is 0.435 e. The summed E-state index contributed by atoms with van der Waals surface area (Å²) in [6.07, 6.45) is 1.73. The normalized spacial score (nSPS) is 13.1. The highest BCUT2D eigenvalue weighted by molar-refractivity contribution is 5.67. The van der Waals surface area contributed by atoms with Crippen molar-refractivity contribution in [3.63, 3.8) is 0 Å².